The molecule has 0 radical (unpaired) electrons. The van der Waals surface area contributed by atoms with Crippen molar-refractivity contribution in [3.63, 3.8) is 0 Å². The molecule has 0 amide bonds. The van der Waals surface area contributed by atoms with Gasteiger partial charge >= 0.3 is 0 Å². The largest absolute Gasteiger partial charge is 0.378 e. The van der Waals surface area contributed by atoms with Gasteiger partial charge in [-0.2, -0.15) is 0 Å². The van der Waals surface area contributed by atoms with E-state index in [1.165, 1.54) is 27.3 Å². The molecule has 9 atom stereocenters. The van der Waals surface area contributed by atoms with Gasteiger partial charge in [0.15, 0.2) is 0 Å². The van der Waals surface area contributed by atoms with Gasteiger partial charge in [0.2, 0.25) is 0 Å². The van der Waals surface area contributed by atoms with Crippen LogP contribution in [0.5, 0.6) is 0 Å². The molecule has 0 bridgehead atoms. The lowest BCUT2D eigenvalue weighted by Crippen LogP contribution is -2.36. The number of ether oxygens (including phenoxy) is 4. The van der Waals surface area contributed by atoms with E-state index in [2.05, 4.69) is 143 Å². The van der Waals surface area contributed by atoms with E-state index in [4.69, 9.17) is 18.9 Å². The van der Waals surface area contributed by atoms with Crippen molar-refractivity contribution in [1.29, 1.82) is 0 Å². The van der Waals surface area contributed by atoms with Crippen LogP contribution in [0.2, 0.25) is 0 Å². The zero-order valence-corrected chi connectivity index (χ0v) is 29.5. The molecule has 2 aliphatic rings. The van der Waals surface area contributed by atoms with Gasteiger partial charge in [0.1, 0.15) is 0 Å². The fourth-order valence-electron chi connectivity index (χ4n) is 7.58. The molecule has 1 unspecified atom stereocenters. The second-order valence-corrected chi connectivity index (χ2v) is 18.6. The standard InChI is InChI=1S/C40H48O4P2/c1-28-37(41-5)38(42-25-32-17-9-6-10-18-32)29(2)45(28)35-23-15-16-24-36(35)46-30(3)39(43-26-33-19-11-7-12-20-33)40(31(46)4)44-27-34-21-13-8-14-22-34/h6-24,28-31,37-40H,25-27H2,1-5H3/t28-,29-,30-,31-,37+,38+,39+,40+,45?/m0/s1. The average Bonchev–Trinajstić information content (AvgIpc) is 3.48. The molecule has 4 aromatic rings. The summed E-state index contributed by atoms with van der Waals surface area (Å²) in [6, 6.07) is 40.8. The molecule has 0 N–H and O–H groups in total. The highest BCUT2D eigenvalue weighted by molar-refractivity contribution is 7.73. The highest BCUT2D eigenvalue weighted by atomic mass is 31.1. The van der Waals surface area contributed by atoms with Gasteiger partial charge in [0.25, 0.3) is 0 Å². The van der Waals surface area contributed by atoms with Crippen LogP contribution < -0.4 is 10.6 Å². The van der Waals surface area contributed by atoms with Crippen molar-refractivity contribution in [2.45, 2.75) is 94.6 Å². The zero-order valence-electron chi connectivity index (χ0n) is 27.7. The molecule has 0 spiro atoms. The van der Waals surface area contributed by atoms with Crippen molar-refractivity contribution < 1.29 is 18.9 Å². The van der Waals surface area contributed by atoms with Crippen LogP contribution >= 0.6 is 15.8 Å². The van der Waals surface area contributed by atoms with Gasteiger partial charge in [-0.3, -0.25) is 0 Å². The van der Waals surface area contributed by atoms with E-state index in [0.717, 1.165) is 0 Å². The normalized spacial score (nSPS) is 30.9. The summed E-state index contributed by atoms with van der Waals surface area (Å²) >= 11 is 0. The van der Waals surface area contributed by atoms with Crippen LogP contribution in [0.1, 0.15) is 44.4 Å². The highest BCUT2D eigenvalue weighted by Crippen LogP contribution is 2.60. The van der Waals surface area contributed by atoms with E-state index in [9.17, 15) is 0 Å². The van der Waals surface area contributed by atoms with E-state index >= 15 is 0 Å². The molecule has 2 fully saturated rings. The lowest BCUT2D eigenvalue weighted by molar-refractivity contribution is -0.0758. The van der Waals surface area contributed by atoms with E-state index in [1.54, 1.807) is 0 Å². The monoisotopic (exact) mass is 654 g/mol. The van der Waals surface area contributed by atoms with Crippen molar-refractivity contribution >= 4 is 26.5 Å². The number of hydrogen-bond acceptors (Lipinski definition) is 4. The fraction of sp³-hybridized carbons (Fsp3) is 0.400. The number of hydrogen-bond donors (Lipinski definition) is 0. The molecule has 6 rings (SSSR count). The second kappa shape index (κ2) is 15.7. The van der Waals surface area contributed by atoms with Crippen molar-refractivity contribution in [1.82, 2.24) is 0 Å². The Bertz CT molecular complexity index is 1450. The first-order valence-electron chi connectivity index (χ1n) is 16.6. The molecule has 2 saturated heterocycles. The molecule has 4 aromatic carbocycles. The first-order chi connectivity index (χ1) is 22.5. The Morgan fingerprint density at radius 3 is 1.02 bits per heavy atom. The van der Waals surface area contributed by atoms with Crippen LogP contribution in [0.4, 0.5) is 0 Å². The Kier molecular flexibility index (Phi) is 11.4. The molecule has 0 aromatic heterocycles. The number of methoxy groups -OCH3 is 1. The third kappa shape index (κ3) is 7.19. The lowest BCUT2D eigenvalue weighted by Gasteiger charge is -2.31. The fourth-order valence-corrected chi connectivity index (χ4v) is 15.0. The minimum Gasteiger partial charge on any atom is -0.378 e. The van der Waals surface area contributed by atoms with Gasteiger partial charge < -0.3 is 18.9 Å². The molecule has 46 heavy (non-hydrogen) atoms. The van der Waals surface area contributed by atoms with E-state index in [-0.39, 0.29) is 24.4 Å². The summed E-state index contributed by atoms with van der Waals surface area (Å²) in [6.07, 6.45) is 0.137. The van der Waals surface area contributed by atoms with Crippen LogP contribution in [0, 0.1) is 0 Å². The third-order valence-corrected chi connectivity index (χ3v) is 16.6. The maximum absolute atomic E-state index is 6.81. The van der Waals surface area contributed by atoms with Gasteiger partial charge in [-0.1, -0.05) is 159 Å². The molecule has 2 aliphatic heterocycles. The Balaban J connectivity index is 1.28. The summed E-state index contributed by atoms with van der Waals surface area (Å²) in [4.78, 5) is 0. The summed E-state index contributed by atoms with van der Waals surface area (Å²) < 4.78 is 26.5. The Hall–Kier alpha value is -2.42. The number of benzene rings is 4. The predicted molar refractivity (Wildman–Crippen MR) is 193 cm³/mol. The van der Waals surface area contributed by atoms with Gasteiger partial charge in [-0.25, -0.2) is 0 Å². The zero-order chi connectivity index (χ0) is 32.0. The quantitative estimate of drug-likeness (QED) is 0.144. The van der Waals surface area contributed by atoms with Gasteiger partial charge in [0.05, 0.1) is 44.2 Å². The van der Waals surface area contributed by atoms with Crippen LogP contribution in [-0.4, -0.2) is 54.2 Å². The Morgan fingerprint density at radius 2 is 0.696 bits per heavy atom. The van der Waals surface area contributed by atoms with Crippen LogP contribution in [0.25, 0.3) is 0 Å². The topological polar surface area (TPSA) is 36.9 Å². The van der Waals surface area contributed by atoms with Crippen LogP contribution in [0.3, 0.4) is 0 Å². The number of rotatable bonds is 12. The van der Waals surface area contributed by atoms with Crippen molar-refractivity contribution in [2.24, 2.45) is 0 Å². The molecule has 242 valence electrons. The molecule has 2 heterocycles. The van der Waals surface area contributed by atoms with E-state index in [1.807, 2.05) is 7.11 Å². The second-order valence-electron chi connectivity index (χ2n) is 12.7. The predicted octanol–water partition coefficient (Wildman–Crippen LogP) is 8.25. The Labute approximate surface area is 278 Å². The van der Waals surface area contributed by atoms with Crippen LogP contribution in [0.15, 0.2) is 115 Å². The molecule has 6 heteroatoms. The maximum atomic E-state index is 6.81. The summed E-state index contributed by atoms with van der Waals surface area (Å²) in [5, 5.41) is 3.03. The van der Waals surface area contributed by atoms with Crippen molar-refractivity contribution in [2.75, 3.05) is 7.11 Å². The van der Waals surface area contributed by atoms with Gasteiger partial charge in [-0.05, 0) is 27.3 Å². The van der Waals surface area contributed by atoms with E-state index in [0.29, 0.717) is 42.5 Å². The summed E-state index contributed by atoms with van der Waals surface area (Å²) in [5.41, 5.74) is 5.06. The van der Waals surface area contributed by atoms with Crippen molar-refractivity contribution in [3.8, 4) is 0 Å². The average molecular weight is 655 g/mol. The first kappa shape index (κ1) is 33.5. The summed E-state index contributed by atoms with van der Waals surface area (Å²) in [6.45, 7) is 11.4. The minimum atomic E-state index is -0.569. The van der Waals surface area contributed by atoms with Crippen molar-refractivity contribution in [3.05, 3.63) is 132 Å². The summed E-state index contributed by atoms with van der Waals surface area (Å²) in [5.74, 6) is 0. The molecular weight excluding hydrogens is 606 g/mol. The minimum absolute atomic E-state index is 0.0120. The first-order valence-corrected chi connectivity index (χ1v) is 19.6. The van der Waals surface area contributed by atoms with Gasteiger partial charge in [0, 0.05) is 29.7 Å². The van der Waals surface area contributed by atoms with E-state index < -0.39 is 15.8 Å². The lowest BCUT2D eigenvalue weighted by atomic mass is 10.1. The van der Waals surface area contributed by atoms with Crippen LogP contribution in [-0.2, 0) is 38.8 Å². The SMILES string of the molecule is CO[C@H]1[C@H](OCc2ccccc2)[C@H](C)P(c2ccccc2P2[C@@H](C)[C@@H](OCc3ccccc3)[C@H](OCc3ccccc3)[C@@H]2C)[C@H]1C. The smallest absolute Gasteiger partial charge is 0.0915 e. The molecule has 4 nitrogen and oxygen atoms in total. The summed E-state index contributed by atoms with van der Waals surface area (Å²) in [7, 11) is 0.749. The molecule has 0 aliphatic carbocycles. The molecular formula is C40H48O4P2. The third-order valence-electron chi connectivity index (χ3n) is 9.87. The molecule has 0 saturated carbocycles. The Morgan fingerprint density at radius 1 is 0.413 bits per heavy atom. The maximum Gasteiger partial charge on any atom is 0.0915 e. The highest BCUT2D eigenvalue weighted by Gasteiger charge is 2.52. The van der Waals surface area contributed by atoms with Gasteiger partial charge in [-0.15, -0.1) is 0 Å².